The second-order valence-electron chi connectivity index (χ2n) is 5.87. The summed E-state index contributed by atoms with van der Waals surface area (Å²) in [5.74, 6) is 1.26. The summed E-state index contributed by atoms with van der Waals surface area (Å²) >= 11 is 0. The molecule has 1 aliphatic carbocycles. The van der Waals surface area contributed by atoms with Crippen molar-refractivity contribution >= 4 is 22.4 Å². The zero-order chi connectivity index (χ0) is 13.0. The van der Waals surface area contributed by atoms with Crippen molar-refractivity contribution in [1.29, 1.82) is 0 Å². The third-order valence-corrected chi connectivity index (χ3v) is 6.38. The molecular weight excluding hydrogens is 284 g/mol. The van der Waals surface area contributed by atoms with Gasteiger partial charge >= 0.3 is 0 Å². The summed E-state index contributed by atoms with van der Waals surface area (Å²) < 4.78 is 26.5. The van der Waals surface area contributed by atoms with Crippen LogP contribution in [0.4, 0.5) is 0 Å². The van der Waals surface area contributed by atoms with Crippen LogP contribution in [0.3, 0.4) is 0 Å². The Morgan fingerprint density at radius 3 is 2.32 bits per heavy atom. The van der Waals surface area contributed by atoms with Crippen molar-refractivity contribution < 1.29 is 8.42 Å². The summed E-state index contributed by atoms with van der Waals surface area (Å²) in [5, 5.41) is 0. The molecule has 114 valence electrons. The van der Waals surface area contributed by atoms with Crippen molar-refractivity contribution in [3.8, 4) is 0 Å². The SMILES string of the molecule is Cl.NCCC1CCCN(S(=O)(=O)CC2CCCC2)C1. The maximum absolute atomic E-state index is 12.4. The monoisotopic (exact) mass is 310 g/mol. The van der Waals surface area contributed by atoms with Crippen LogP contribution in [0.25, 0.3) is 0 Å². The minimum absolute atomic E-state index is 0. The maximum Gasteiger partial charge on any atom is 0.214 e. The van der Waals surface area contributed by atoms with E-state index in [-0.39, 0.29) is 12.4 Å². The highest BCUT2D eigenvalue weighted by Crippen LogP contribution is 2.28. The van der Waals surface area contributed by atoms with Crippen molar-refractivity contribution in [2.75, 3.05) is 25.4 Å². The molecule has 1 aliphatic heterocycles. The molecule has 2 N–H and O–H groups in total. The topological polar surface area (TPSA) is 63.4 Å². The fraction of sp³-hybridized carbons (Fsp3) is 1.00. The van der Waals surface area contributed by atoms with E-state index >= 15 is 0 Å². The molecule has 1 unspecified atom stereocenters. The van der Waals surface area contributed by atoms with Gasteiger partial charge < -0.3 is 5.73 Å². The first-order chi connectivity index (χ1) is 8.62. The Balaban J connectivity index is 0.00000180. The van der Waals surface area contributed by atoms with Crippen LogP contribution in [-0.4, -0.2) is 38.1 Å². The van der Waals surface area contributed by atoms with Crippen molar-refractivity contribution in [1.82, 2.24) is 4.31 Å². The first-order valence-corrected chi connectivity index (χ1v) is 8.90. The fourth-order valence-corrected chi connectivity index (χ4v) is 5.32. The Morgan fingerprint density at radius 2 is 1.68 bits per heavy atom. The van der Waals surface area contributed by atoms with Gasteiger partial charge in [-0.25, -0.2) is 12.7 Å². The van der Waals surface area contributed by atoms with E-state index in [1.54, 1.807) is 4.31 Å². The van der Waals surface area contributed by atoms with Crippen molar-refractivity contribution in [2.45, 2.75) is 44.9 Å². The van der Waals surface area contributed by atoms with Gasteiger partial charge in [-0.1, -0.05) is 12.8 Å². The van der Waals surface area contributed by atoms with Gasteiger partial charge in [0.1, 0.15) is 0 Å². The lowest BCUT2D eigenvalue weighted by molar-refractivity contribution is 0.257. The van der Waals surface area contributed by atoms with Gasteiger partial charge in [0.25, 0.3) is 0 Å². The predicted octanol–water partition coefficient (Wildman–Crippen LogP) is 1.99. The molecule has 0 aromatic rings. The van der Waals surface area contributed by atoms with Crippen molar-refractivity contribution in [3.05, 3.63) is 0 Å². The zero-order valence-corrected chi connectivity index (χ0v) is 13.2. The third kappa shape index (κ3) is 4.88. The predicted molar refractivity (Wildman–Crippen MR) is 81.0 cm³/mol. The molecule has 1 atom stereocenters. The van der Waals surface area contributed by atoms with Crippen LogP contribution < -0.4 is 5.73 Å². The van der Waals surface area contributed by atoms with E-state index in [1.165, 1.54) is 12.8 Å². The molecule has 19 heavy (non-hydrogen) atoms. The molecule has 6 heteroatoms. The third-order valence-electron chi connectivity index (χ3n) is 4.37. The molecule has 1 heterocycles. The number of hydrogen-bond donors (Lipinski definition) is 1. The molecule has 2 aliphatic rings. The summed E-state index contributed by atoms with van der Waals surface area (Å²) in [6.07, 6.45) is 7.68. The van der Waals surface area contributed by atoms with Gasteiger partial charge in [-0.15, -0.1) is 12.4 Å². The summed E-state index contributed by atoms with van der Waals surface area (Å²) in [7, 11) is -3.03. The van der Waals surface area contributed by atoms with Crippen LogP contribution in [0.1, 0.15) is 44.9 Å². The molecule has 1 saturated heterocycles. The normalized spacial score (nSPS) is 26.3. The Hall–Kier alpha value is 0.160. The number of nitrogens with two attached hydrogens (primary N) is 1. The number of rotatable bonds is 5. The molecule has 0 spiro atoms. The van der Waals surface area contributed by atoms with Crippen LogP contribution in [0, 0.1) is 11.8 Å². The lowest BCUT2D eigenvalue weighted by atomic mass is 9.96. The van der Waals surface area contributed by atoms with Crippen LogP contribution in [0.5, 0.6) is 0 Å². The molecule has 0 amide bonds. The second kappa shape index (κ2) is 7.81. The second-order valence-corrected chi connectivity index (χ2v) is 7.89. The molecule has 4 nitrogen and oxygen atoms in total. The summed E-state index contributed by atoms with van der Waals surface area (Å²) in [6.45, 7) is 2.09. The maximum atomic E-state index is 12.4. The van der Waals surface area contributed by atoms with Crippen molar-refractivity contribution in [3.63, 3.8) is 0 Å². The molecule has 0 bridgehead atoms. The number of nitrogens with zero attached hydrogens (tertiary/aromatic N) is 1. The Labute approximate surface area is 123 Å². The minimum atomic E-state index is -3.03. The largest absolute Gasteiger partial charge is 0.330 e. The van der Waals surface area contributed by atoms with E-state index < -0.39 is 10.0 Å². The molecular formula is C13H27ClN2O2S. The summed E-state index contributed by atoms with van der Waals surface area (Å²) in [5.41, 5.74) is 5.58. The lowest BCUT2D eigenvalue weighted by Gasteiger charge is -2.32. The Bertz CT molecular complexity index is 354. The van der Waals surface area contributed by atoms with Gasteiger partial charge in [0, 0.05) is 13.1 Å². The van der Waals surface area contributed by atoms with E-state index in [2.05, 4.69) is 0 Å². The molecule has 0 aromatic heterocycles. The lowest BCUT2D eigenvalue weighted by Crippen LogP contribution is -2.42. The average Bonchev–Trinajstić information content (AvgIpc) is 2.82. The molecule has 1 saturated carbocycles. The first-order valence-electron chi connectivity index (χ1n) is 7.29. The van der Waals surface area contributed by atoms with Crippen LogP contribution in [0.2, 0.25) is 0 Å². The van der Waals surface area contributed by atoms with Crippen LogP contribution >= 0.6 is 12.4 Å². The summed E-state index contributed by atoms with van der Waals surface area (Å²) in [6, 6.07) is 0. The number of halogens is 1. The number of sulfonamides is 1. The van der Waals surface area contributed by atoms with Gasteiger partial charge in [0.05, 0.1) is 5.75 Å². The van der Waals surface area contributed by atoms with E-state index in [0.29, 0.717) is 30.7 Å². The minimum Gasteiger partial charge on any atom is -0.330 e. The van der Waals surface area contributed by atoms with E-state index in [0.717, 1.165) is 38.6 Å². The highest BCUT2D eigenvalue weighted by atomic mass is 35.5. The fourth-order valence-electron chi connectivity index (χ4n) is 3.33. The van der Waals surface area contributed by atoms with Crippen molar-refractivity contribution in [2.24, 2.45) is 17.6 Å². The quantitative estimate of drug-likeness (QED) is 0.844. The van der Waals surface area contributed by atoms with Gasteiger partial charge in [-0.3, -0.25) is 0 Å². The Kier molecular flexibility index (Phi) is 7.08. The average molecular weight is 311 g/mol. The highest BCUT2D eigenvalue weighted by molar-refractivity contribution is 7.89. The van der Waals surface area contributed by atoms with E-state index in [4.69, 9.17) is 5.73 Å². The van der Waals surface area contributed by atoms with Crippen LogP contribution in [-0.2, 0) is 10.0 Å². The molecule has 2 fully saturated rings. The van der Waals surface area contributed by atoms with E-state index in [1.807, 2.05) is 0 Å². The van der Waals surface area contributed by atoms with Gasteiger partial charge in [-0.05, 0) is 50.5 Å². The van der Waals surface area contributed by atoms with Gasteiger partial charge in [0.2, 0.25) is 10.0 Å². The molecule has 0 radical (unpaired) electrons. The summed E-state index contributed by atoms with van der Waals surface area (Å²) in [4.78, 5) is 0. The van der Waals surface area contributed by atoms with Crippen LogP contribution in [0.15, 0.2) is 0 Å². The molecule has 0 aromatic carbocycles. The van der Waals surface area contributed by atoms with E-state index in [9.17, 15) is 8.42 Å². The highest BCUT2D eigenvalue weighted by Gasteiger charge is 2.31. The number of hydrogen-bond acceptors (Lipinski definition) is 3. The Morgan fingerprint density at radius 1 is 1.05 bits per heavy atom. The zero-order valence-electron chi connectivity index (χ0n) is 11.6. The number of piperidine rings is 1. The first kappa shape index (κ1) is 17.2. The molecule has 2 rings (SSSR count). The van der Waals surface area contributed by atoms with Gasteiger partial charge in [-0.2, -0.15) is 0 Å². The standard InChI is InChI=1S/C13H26N2O2S.ClH/c14-8-7-12-6-3-9-15(10-12)18(16,17)11-13-4-1-2-5-13;/h12-13H,1-11,14H2;1H. The smallest absolute Gasteiger partial charge is 0.214 e. The van der Waals surface area contributed by atoms with Gasteiger partial charge in [0.15, 0.2) is 0 Å².